The number of carbonyl (C=O) groups excluding carboxylic acids is 1. The van der Waals surface area contributed by atoms with Crippen LogP contribution in [-0.4, -0.2) is 24.3 Å². The lowest BCUT2D eigenvalue weighted by atomic mass is 9.95. The van der Waals surface area contributed by atoms with Crippen LogP contribution < -0.4 is 0 Å². The van der Waals surface area contributed by atoms with E-state index in [4.69, 9.17) is 9.47 Å². The first-order valence-corrected chi connectivity index (χ1v) is 11.4. The maximum absolute atomic E-state index is 12.5. The molecule has 3 nitrogen and oxygen atoms in total. The Labute approximate surface area is 172 Å². The molecule has 0 spiro atoms. The minimum absolute atomic E-state index is 0.0361. The molecule has 0 aliphatic carbocycles. The van der Waals surface area contributed by atoms with Gasteiger partial charge in [-0.2, -0.15) is 0 Å². The van der Waals surface area contributed by atoms with Crippen LogP contribution in [0.25, 0.3) is 0 Å². The SMILES string of the molecule is C=C1C[C@@H](CCC)OC(=O)[C@@H](C)CCCC[C@@H]2O[C@@H](CC#C[C@H](C)C1)C[C@@H]2C. The van der Waals surface area contributed by atoms with Crippen molar-refractivity contribution in [1.82, 2.24) is 0 Å². The molecule has 0 radical (unpaired) electrons. The summed E-state index contributed by atoms with van der Waals surface area (Å²) in [7, 11) is 0. The summed E-state index contributed by atoms with van der Waals surface area (Å²) in [5.74, 6) is 7.52. The minimum Gasteiger partial charge on any atom is -0.462 e. The van der Waals surface area contributed by atoms with E-state index >= 15 is 0 Å². The summed E-state index contributed by atoms with van der Waals surface area (Å²) >= 11 is 0. The number of ether oxygens (including phenoxy) is 2. The topological polar surface area (TPSA) is 35.5 Å². The highest BCUT2D eigenvalue weighted by Crippen LogP contribution is 2.31. The fourth-order valence-electron chi connectivity index (χ4n) is 4.44. The summed E-state index contributed by atoms with van der Waals surface area (Å²) in [6.07, 6.45) is 10.2. The van der Waals surface area contributed by atoms with Gasteiger partial charge in [0, 0.05) is 18.8 Å². The Morgan fingerprint density at radius 3 is 2.64 bits per heavy atom. The van der Waals surface area contributed by atoms with E-state index < -0.39 is 0 Å². The highest BCUT2D eigenvalue weighted by atomic mass is 16.5. The molecule has 2 rings (SSSR count). The van der Waals surface area contributed by atoms with Gasteiger partial charge in [0.2, 0.25) is 0 Å². The maximum atomic E-state index is 12.5. The molecule has 2 heterocycles. The number of hydrogen-bond donors (Lipinski definition) is 0. The Kier molecular flexibility index (Phi) is 9.59. The van der Waals surface area contributed by atoms with Crippen LogP contribution in [0.2, 0.25) is 0 Å². The van der Waals surface area contributed by atoms with Gasteiger partial charge in [0.1, 0.15) is 6.10 Å². The van der Waals surface area contributed by atoms with Gasteiger partial charge in [0.05, 0.1) is 18.1 Å². The molecule has 158 valence electrons. The van der Waals surface area contributed by atoms with E-state index in [1.54, 1.807) is 0 Å². The zero-order chi connectivity index (χ0) is 20.5. The van der Waals surface area contributed by atoms with E-state index in [2.05, 4.69) is 39.2 Å². The fourth-order valence-corrected chi connectivity index (χ4v) is 4.44. The molecule has 0 N–H and O–H groups in total. The van der Waals surface area contributed by atoms with Crippen LogP contribution in [0, 0.1) is 29.6 Å². The molecule has 6 atom stereocenters. The molecule has 3 heteroatoms. The molecule has 0 unspecified atom stereocenters. The normalized spacial score (nSPS) is 36.0. The number of rotatable bonds is 2. The van der Waals surface area contributed by atoms with Crippen LogP contribution in [0.3, 0.4) is 0 Å². The molecule has 2 bridgehead atoms. The Hall–Kier alpha value is -1.27. The van der Waals surface area contributed by atoms with Gasteiger partial charge in [-0.25, -0.2) is 0 Å². The Bertz CT molecular complexity index is 570. The van der Waals surface area contributed by atoms with Gasteiger partial charge >= 0.3 is 5.97 Å². The zero-order valence-corrected chi connectivity index (χ0v) is 18.5. The summed E-state index contributed by atoms with van der Waals surface area (Å²) in [4.78, 5) is 12.5. The molecule has 0 aromatic carbocycles. The molecule has 2 aliphatic heterocycles. The average Bonchev–Trinajstić information content (AvgIpc) is 2.97. The van der Waals surface area contributed by atoms with Crippen molar-refractivity contribution < 1.29 is 14.3 Å². The number of cyclic esters (lactones) is 1. The van der Waals surface area contributed by atoms with Crippen molar-refractivity contribution in [2.24, 2.45) is 17.8 Å². The predicted octanol–water partition coefficient (Wildman–Crippen LogP) is 6.07. The van der Waals surface area contributed by atoms with E-state index in [1.807, 2.05) is 6.92 Å². The number of carbonyl (C=O) groups is 1. The molecule has 28 heavy (non-hydrogen) atoms. The quantitative estimate of drug-likeness (QED) is 0.327. The summed E-state index contributed by atoms with van der Waals surface area (Å²) in [6, 6.07) is 0. The molecule has 1 fully saturated rings. The van der Waals surface area contributed by atoms with Gasteiger partial charge < -0.3 is 9.47 Å². The maximum Gasteiger partial charge on any atom is 0.308 e. The summed E-state index contributed by atoms with van der Waals surface area (Å²) < 4.78 is 12.1. The monoisotopic (exact) mass is 388 g/mol. The van der Waals surface area contributed by atoms with Crippen LogP contribution in [0.1, 0.15) is 91.9 Å². The van der Waals surface area contributed by atoms with Crippen LogP contribution >= 0.6 is 0 Å². The van der Waals surface area contributed by atoms with E-state index in [1.165, 1.54) is 0 Å². The van der Waals surface area contributed by atoms with Crippen LogP contribution in [-0.2, 0) is 14.3 Å². The zero-order valence-electron chi connectivity index (χ0n) is 18.5. The van der Waals surface area contributed by atoms with Crippen molar-refractivity contribution in [3.05, 3.63) is 12.2 Å². The molecule has 0 saturated carbocycles. The van der Waals surface area contributed by atoms with Crippen molar-refractivity contribution in [3.8, 4) is 11.8 Å². The van der Waals surface area contributed by atoms with Gasteiger partial charge in [-0.3, -0.25) is 4.79 Å². The van der Waals surface area contributed by atoms with Gasteiger partial charge in [0.25, 0.3) is 0 Å². The average molecular weight is 389 g/mol. The Morgan fingerprint density at radius 1 is 1.14 bits per heavy atom. The van der Waals surface area contributed by atoms with Gasteiger partial charge in [-0.1, -0.05) is 65.0 Å². The van der Waals surface area contributed by atoms with Crippen molar-refractivity contribution in [3.63, 3.8) is 0 Å². The Balaban J connectivity index is 2.04. The van der Waals surface area contributed by atoms with E-state index in [9.17, 15) is 4.79 Å². The summed E-state index contributed by atoms with van der Waals surface area (Å²) in [6.45, 7) is 12.8. The van der Waals surface area contributed by atoms with Gasteiger partial charge in [0.15, 0.2) is 0 Å². The van der Waals surface area contributed by atoms with E-state index in [-0.39, 0.29) is 30.0 Å². The summed E-state index contributed by atoms with van der Waals surface area (Å²) in [5.41, 5.74) is 1.13. The Morgan fingerprint density at radius 2 is 1.89 bits per heavy atom. The number of hydrogen-bond acceptors (Lipinski definition) is 3. The highest BCUT2D eigenvalue weighted by molar-refractivity contribution is 5.72. The van der Waals surface area contributed by atoms with Crippen LogP contribution in [0.4, 0.5) is 0 Å². The molecule has 0 amide bonds. The molecular formula is C25H40O3. The second kappa shape index (κ2) is 11.7. The van der Waals surface area contributed by atoms with Gasteiger partial charge in [-0.15, -0.1) is 5.92 Å². The van der Waals surface area contributed by atoms with Crippen molar-refractivity contribution in [1.29, 1.82) is 0 Å². The van der Waals surface area contributed by atoms with E-state index in [0.29, 0.717) is 12.0 Å². The molecule has 0 aromatic heterocycles. The first kappa shape index (κ1) is 23.0. The molecule has 0 aromatic rings. The fraction of sp³-hybridized carbons (Fsp3) is 0.800. The first-order valence-electron chi connectivity index (χ1n) is 11.4. The smallest absolute Gasteiger partial charge is 0.308 e. The van der Waals surface area contributed by atoms with Crippen molar-refractivity contribution in [2.75, 3.05) is 0 Å². The molecule has 1 saturated heterocycles. The number of fused-ring (bicyclic) bond motifs is 2. The third-order valence-electron chi connectivity index (χ3n) is 6.10. The standard InChI is InChI=1S/C25H40O3/c1-6-10-22-16-19(3)15-18(2)11-9-13-23-17-21(5)24(27-23)14-8-7-12-20(4)25(26)28-22/h18,20-24H,3,6-8,10,12-17H2,1-2,4-5H3/t18-,20-,21-,22+,23-,24-/m0/s1. The third-order valence-corrected chi connectivity index (χ3v) is 6.10. The number of esters is 1. The lowest BCUT2D eigenvalue weighted by Crippen LogP contribution is -2.24. The van der Waals surface area contributed by atoms with Gasteiger partial charge in [-0.05, 0) is 38.0 Å². The largest absolute Gasteiger partial charge is 0.462 e. The third kappa shape index (κ3) is 7.63. The van der Waals surface area contributed by atoms with Crippen LogP contribution in [0.15, 0.2) is 12.2 Å². The van der Waals surface area contributed by atoms with E-state index in [0.717, 1.165) is 69.8 Å². The lowest BCUT2D eigenvalue weighted by Gasteiger charge is -2.22. The van der Waals surface area contributed by atoms with Crippen LogP contribution in [0.5, 0.6) is 0 Å². The second-order valence-electron chi connectivity index (χ2n) is 9.13. The first-order chi connectivity index (χ1) is 13.4. The molecule has 2 aliphatic rings. The summed E-state index contributed by atoms with van der Waals surface area (Å²) in [5, 5.41) is 0. The van der Waals surface area contributed by atoms with Crippen molar-refractivity contribution in [2.45, 2.75) is 110 Å². The minimum atomic E-state index is -0.0502. The highest BCUT2D eigenvalue weighted by Gasteiger charge is 2.31. The molecular weight excluding hydrogens is 348 g/mol. The lowest BCUT2D eigenvalue weighted by molar-refractivity contribution is -0.154. The predicted molar refractivity (Wildman–Crippen MR) is 115 cm³/mol. The van der Waals surface area contributed by atoms with Crippen molar-refractivity contribution >= 4 is 5.97 Å². The second-order valence-corrected chi connectivity index (χ2v) is 9.13.